The van der Waals surface area contributed by atoms with Crippen molar-refractivity contribution in [3.05, 3.63) is 27.7 Å². The molecule has 0 aliphatic rings. The van der Waals surface area contributed by atoms with Gasteiger partial charge in [-0.1, -0.05) is 15.9 Å². The fourth-order valence-corrected chi connectivity index (χ4v) is 1.69. The molecule has 1 N–H and O–H groups in total. The van der Waals surface area contributed by atoms with Crippen LogP contribution in [0.25, 0.3) is 0 Å². The number of methoxy groups -OCH3 is 1. The molecule has 0 unspecified atom stereocenters. The van der Waals surface area contributed by atoms with E-state index in [-0.39, 0.29) is 0 Å². The summed E-state index contributed by atoms with van der Waals surface area (Å²) in [5, 5.41) is 10.3. The Morgan fingerprint density at radius 1 is 1.50 bits per heavy atom. The Balaban J connectivity index is 3.14. The Labute approximate surface area is 92.4 Å². The molecule has 0 fully saturated rings. The minimum atomic E-state index is 0.453. The van der Waals surface area contributed by atoms with Crippen molar-refractivity contribution in [3.8, 4) is 5.75 Å². The Bertz CT molecular complexity index is 326. The lowest BCUT2D eigenvalue weighted by Crippen LogP contribution is -2.13. The van der Waals surface area contributed by atoms with Crippen molar-refractivity contribution in [2.75, 3.05) is 14.2 Å². The second-order valence-corrected chi connectivity index (χ2v) is 4.02. The minimum absolute atomic E-state index is 0.453. The minimum Gasteiger partial charge on any atom is -0.496 e. The highest BCUT2D eigenvalue weighted by atomic mass is 79.9. The number of hydrogen-bond acceptors (Lipinski definition) is 3. The molecule has 1 aromatic carbocycles. The molecule has 0 atom stereocenters. The zero-order chi connectivity index (χ0) is 10.7. The molecular weight excluding hydrogens is 246 g/mol. The molecule has 0 radical (unpaired) electrons. The van der Waals surface area contributed by atoms with E-state index in [1.165, 1.54) is 0 Å². The molecule has 0 heterocycles. The van der Waals surface area contributed by atoms with Crippen molar-refractivity contribution in [2.24, 2.45) is 0 Å². The van der Waals surface area contributed by atoms with Crippen LogP contribution < -0.4 is 4.74 Å². The first-order chi connectivity index (χ1) is 6.56. The monoisotopic (exact) mass is 259 g/mol. The van der Waals surface area contributed by atoms with Gasteiger partial charge in [0, 0.05) is 17.1 Å². The topological polar surface area (TPSA) is 32.7 Å². The lowest BCUT2D eigenvalue weighted by Gasteiger charge is -2.15. The normalized spacial score (nSPS) is 10.7. The summed E-state index contributed by atoms with van der Waals surface area (Å²) >= 11 is 3.44. The van der Waals surface area contributed by atoms with Crippen LogP contribution in [-0.4, -0.2) is 24.4 Å². The van der Waals surface area contributed by atoms with Crippen molar-refractivity contribution in [2.45, 2.75) is 13.5 Å². The molecule has 1 aromatic rings. The third kappa shape index (κ3) is 2.47. The smallest absolute Gasteiger partial charge is 0.123 e. The highest BCUT2D eigenvalue weighted by Gasteiger charge is 2.10. The van der Waals surface area contributed by atoms with Crippen LogP contribution >= 0.6 is 15.9 Å². The van der Waals surface area contributed by atoms with Crippen LogP contribution in [0, 0.1) is 6.92 Å². The summed E-state index contributed by atoms with van der Waals surface area (Å²) in [6.07, 6.45) is 0. The summed E-state index contributed by atoms with van der Waals surface area (Å²) in [5.41, 5.74) is 2.08. The van der Waals surface area contributed by atoms with E-state index in [2.05, 4.69) is 15.9 Å². The van der Waals surface area contributed by atoms with Crippen LogP contribution in [0.5, 0.6) is 5.75 Å². The first-order valence-corrected chi connectivity index (χ1v) is 5.07. The molecule has 0 spiro atoms. The Kier molecular flexibility index (Phi) is 3.92. The van der Waals surface area contributed by atoms with Gasteiger partial charge in [0.2, 0.25) is 0 Å². The summed E-state index contributed by atoms with van der Waals surface area (Å²) in [5.74, 6) is 0.798. The highest BCUT2D eigenvalue weighted by Crippen LogP contribution is 2.28. The summed E-state index contributed by atoms with van der Waals surface area (Å²) in [4.78, 5) is 0. The summed E-state index contributed by atoms with van der Waals surface area (Å²) in [6.45, 7) is 2.44. The molecule has 0 amide bonds. The highest BCUT2D eigenvalue weighted by molar-refractivity contribution is 9.10. The van der Waals surface area contributed by atoms with E-state index in [1.54, 1.807) is 14.2 Å². The van der Waals surface area contributed by atoms with Crippen LogP contribution in [0.3, 0.4) is 0 Å². The van der Waals surface area contributed by atoms with Crippen molar-refractivity contribution >= 4 is 15.9 Å². The average Bonchev–Trinajstić information content (AvgIpc) is 2.13. The number of halogens is 1. The molecule has 14 heavy (non-hydrogen) atoms. The van der Waals surface area contributed by atoms with Gasteiger partial charge in [0.25, 0.3) is 0 Å². The number of nitrogens with zero attached hydrogens (tertiary/aromatic N) is 1. The van der Waals surface area contributed by atoms with Gasteiger partial charge < -0.3 is 9.94 Å². The second kappa shape index (κ2) is 4.77. The fourth-order valence-electron chi connectivity index (χ4n) is 1.32. The van der Waals surface area contributed by atoms with Crippen molar-refractivity contribution in [1.82, 2.24) is 5.06 Å². The van der Waals surface area contributed by atoms with Gasteiger partial charge in [-0.15, -0.1) is 0 Å². The first kappa shape index (κ1) is 11.5. The third-order valence-corrected chi connectivity index (χ3v) is 2.96. The van der Waals surface area contributed by atoms with Crippen LogP contribution in [0.1, 0.15) is 11.1 Å². The maximum absolute atomic E-state index is 9.20. The van der Waals surface area contributed by atoms with Gasteiger partial charge in [0.05, 0.1) is 13.7 Å². The standard InChI is InChI=1S/C10H14BrNO2/c1-7-8(6-12(2)13)10(14-3)5-4-9(7)11/h4-5,13H,6H2,1-3H3. The van der Waals surface area contributed by atoms with Crippen molar-refractivity contribution in [1.29, 1.82) is 0 Å². The maximum atomic E-state index is 9.20. The van der Waals surface area contributed by atoms with E-state index in [1.807, 2.05) is 19.1 Å². The van der Waals surface area contributed by atoms with Gasteiger partial charge in [-0.2, -0.15) is 5.06 Å². The number of rotatable bonds is 3. The lowest BCUT2D eigenvalue weighted by atomic mass is 10.1. The van der Waals surface area contributed by atoms with Gasteiger partial charge in [-0.25, -0.2) is 0 Å². The van der Waals surface area contributed by atoms with Crippen molar-refractivity contribution < 1.29 is 9.94 Å². The molecule has 0 bridgehead atoms. The zero-order valence-corrected chi connectivity index (χ0v) is 10.1. The number of benzene rings is 1. The predicted molar refractivity (Wildman–Crippen MR) is 58.7 cm³/mol. The van der Waals surface area contributed by atoms with Gasteiger partial charge in [-0.05, 0) is 24.6 Å². The summed E-state index contributed by atoms with van der Waals surface area (Å²) < 4.78 is 6.25. The molecule has 0 aromatic heterocycles. The summed E-state index contributed by atoms with van der Waals surface area (Å²) in [6, 6.07) is 3.82. The Morgan fingerprint density at radius 2 is 2.14 bits per heavy atom. The number of ether oxygens (including phenoxy) is 1. The van der Waals surface area contributed by atoms with Crippen molar-refractivity contribution in [3.63, 3.8) is 0 Å². The Hall–Kier alpha value is -0.580. The van der Waals surface area contributed by atoms with Crippen LogP contribution in [0.2, 0.25) is 0 Å². The molecule has 1 rings (SSSR count). The van der Waals surface area contributed by atoms with Gasteiger partial charge in [0.1, 0.15) is 5.75 Å². The fraction of sp³-hybridized carbons (Fsp3) is 0.400. The van der Waals surface area contributed by atoms with Crippen LogP contribution in [0.15, 0.2) is 16.6 Å². The lowest BCUT2D eigenvalue weighted by molar-refractivity contribution is -0.0736. The number of hydrogen-bond donors (Lipinski definition) is 1. The molecule has 78 valence electrons. The van der Waals surface area contributed by atoms with E-state index in [0.717, 1.165) is 26.4 Å². The Morgan fingerprint density at radius 3 is 2.64 bits per heavy atom. The van der Waals surface area contributed by atoms with E-state index >= 15 is 0 Å². The van der Waals surface area contributed by atoms with Crippen LogP contribution in [-0.2, 0) is 6.54 Å². The largest absolute Gasteiger partial charge is 0.496 e. The van der Waals surface area contributed by atoms with E-state index in [4.69, 9.17) is 4.74 Å². The van der Waals surface area contributed by atoms with E-state index in [9.17, 15) is 5.21 Å². The summed E-state index contributed by atoms with van der Waals surface area (Å²) in [7, 11) is 3.24. The molecule has 0 aliphatic carbocycles. The zero-order valence-electron chi connectivity index (χ0n) is 8.54. The van der Waals surface area contributed by atoms with Gasteiger partial charge >= 0.3 is 0 Å². The molecular formula is C10H14BrNO2. The molecule has 0 aliphatic heterocycles. The van der Waals surface area contributed by atoms with E-state index < -0.39 is 0 Å². The number of hydroxylamine groups is 2. The predicted octanol–water partition coefficient (Wildman–Crippen LogP) is 2.59. The van der Waals surface area contributed by atoms with Gasteiger partial charge in [-0.3, -0.25) is 0 Å². The molecule has 3 nitrogen and oxygen atoms in total. The molecule has 0 saturated heterocycles. The average molecular weight is 260 g/mol. The molecule has 4 heteroatoms. The SMILES string of the molecule is COc1ccc(Br)c(C)c1CN(C)O. The third-order valence-electron chi connectivity index (χ3n) is 2.10. The van der Waals surface area contributed by atoms with E-state index in [0.29, 0.717) is 6.54 Å². The van der Waals surface area contributed by atoms with Gasteiger partial charge in [0.15, 0.2) is 0 Å². The van der Waals surface area contributed by atoms with Crippen LogP contribution in [0.4, 0.5) is 0 Å². The molecule has 0 saturated carbocycles. The maximum Gasteiger partial charge on any atom is 0.123 e. The quantitative estimate of drug-likeness (QED) is 0.848. The second-order valence-electron chi connectivity index (χ2n) is 3.17. The first-order valence-electron chi connectivity index (χ1n) is 4.28.